The lowest BCUT2D eigenvalue weighted by Crippen LogP contribution is -2.19. The molecule has 0 N–H and O–H groups in total. The first-order valence-corrected chi connectivity index (χ1v) is 5.42. The monoisotopic (exact) mass is 193 g/mol. The van der Waals surface area contributed by atoms with E-state index in [9.17, 15) is 0 Å². The van der Waals surface area contributed by atoms with Crippen molar-refractivity contribution in [3.05, 3.63) is 12.2 Å². The van der Waals surface area contributed by atoms with Crippen molar-refractivity contribution in [3.8, 4) is 0 Å². The first-order chi connectivity index (χ1) is 6.95. The standard InChI is InChI=1S/C10H15N3O/c1-2-8(6-14-5-1)10-12-11-7-13(10)9-3-4-9/h7-9H,1-6H2. The van der Waals surface area contributed by atoms with Crippen LogP contribution in [0.4, 0.5) is 0 Å². The van der Waals surface area contributed by atoms with Crippen LogP contribution in [0.25, 0.3) is 0 Å². The molecule has 0 radical (unpaired) electrons. The molecule has 4 nitrogen and oxygen atoms in total. The van der Waals surface area contributed by atoms with E-state index in [1.807, 2.05) is 6.33 Å². The quantitative estimate of drug-likeness (QED) is 0.714. The van der Waals surface area contributed by atoms with Crippen LogP contribution >= 0.6 is 0 Å². The van der Waals surface area contributed by atoms with Crippen LogP contribution in [0.1, 0.15) is 43.5 Å². The van der Waals surface area contributed by atoms with Gasteiger partial charge in [0.1, 0.15) is 12.2 Å². The largest absolute Gasteiger partial charge is 0.381 e. The molecule has 0 bridgehead atoms. The van der Waals surface area contributed by atoms with E-state index in [2.05, 4.69) is 14.8 Å². The van der Waals surface area contributed by atoms with Crippen LogP contribution in [0.2, 0.25) is 0 Å². The van der Waals surface area contributed by atoms with Gasteiger partial charge in [0.05, 0.1) is 6.61 Å². The average Bonchev–Trinajstić information content (AvgIpc) is 2.98. The molecule has 2 aliphatic rings. The molecule has 2 fully saturated rings. The van der Waals surface area contributed by atoms with Crippen molar-refractivity contribution in [2.45, 2.75) is 37.6 Å². The van der Waals surface area contributed by atoms with E-state index in [1.165, 1.54) is 19.3 Å². The van der Waals surface area contributed by atoms with Gasteiger partial charge in [0.15, 0.2) is 0 Å². The first-order valence-electron chi connectivity index (χ1n) is 5.42. The number of nitrogens with zero attached hydrogens (tertiary/aromatic N) is 3. The van der Waals surface area contributed by atoms with Gasteiger partial charge in [0.2, 0.25) is 0 Å². The Morgan fingerprint density at radius 3 is 3.00 bits per heavy atom. The van der Waals surface area contributed by atoms with E-state index in [0.29, 0.717) is 12.0 Å². The maximum atomic E-state index is 5.48. The molecule has 1 saturated carbocycles. The molecule has 0 amide bonds. The zero-order valence-corrected chi connectivity index (χ0v) is 8.22. The smallest absolute Gasteiger partial charge is 0.138 e. The molecule has 1 aromatic heterocycles. The summed E-state index contributed by atoms with van der Waals surface area (Å²) in [4.78, 5) is 0. The summed E-state index contributed by atoms with van der Waals surface area (Å²) < 4.78 is 7.73. The third-order valence-electron chi connectivity index (χ3n) is 3.07. The van der Waals surface area contributed by atoms with Gasteiger partial charge in [-0.3, -0.25) is 0 Å². The predicted octanol–water partition coefficient (Wildman–Crippen LogP) is 1.51. The highest BCUT2D eigenvalue weighted by Gasteiger charge is 2.29. The Hall–Kier alpha value is -0.900. The van der Waals surface area contributed by atoms with E-state index in [0.717, 1.165) is 25.5 Å². The highest BCUT2D eigenvalue weighted by atomic mass is 16.5. The zero-order valence-electron chi connectivity index (χ0n) is 8.22. The van der Waals surface area contributed by atoms with Crippen LogP contribution < -0.4 is 0 Å². The minimum atomic E-state index is 0.479. The number of ether oxygens (including phenoxy) is 1. The lowest BCUT2D eigenvalue weighted by atomic mass is 10.0. The Kier molecular flexibility index (Phi) is 2.01. The third kappa shape index (κ3) is 1.43. The second-order valence-electron chi connectivity index (χ2n) is 4.24. The topological polar surface area (TPSA) is 39.9 Å². The summed E-state index contributed by atoms with van der Waals surface area (Å²) in [6.45, 7) is 1.74. The SMILES string of the molecule is c1nnc(C2CCCOC2)n1C1CC1. The summed E-state index contributed by atoms with van der Waals surface area (Å²) in [6, 6.07) is 0.682. The number of hydrogen-bond acceptors (Lipinski definition) is 3. The normalized spacial score (nSPS) is 27.9. The van der Waals surface area contributed by atoms with Gasteiger partial charge in [0, 0.05) is 18.6 Å². The molecule has 1 atom stereocenters. The molecule has 14 heavy (non-hydrogen) atoms. The molecule has 2 heterocycles. The summed E-state index contributed by atoms with van der Waals surface area (Å²) >= 11 is 0. The van der Waals surface area contributed by atoms with Gasteiger partial charge in [-0.2, -0.15) is 0 Å². The summed E-state index contributed by atoms with van der Waals surface area (Å²) in [5, 5.41) is 8.25. The molecule has 4 heteroatoms. The average molecular weight is 193 g/mol. The van der Waals surface area contributed by atoms with Crippen LogP contribution in [0, 0.1) is 0 Å². The third-order valence-corrected chi connectivity index (χ3v) is 3.07. The summed E-state index contributed by atoms with van der Waals surface area (Å²) in [5.74, 6) is 1.62. The second kappa shape index (κ2) is 3.35. The van der Waals surface area contributed by atoms with Crippen molar-refractivity contribution in [1.82, 2.24) is 14.8 Å². The number of rotatable bonds is 2. The molecule has 1 aliphatic carbocycles. The van der Waals surface area contributed by atoms with Crippen LogP contribution in [0.15, 0.2) is 6.33 Å². The summed E-state index contributed by atoms with van der Waals surface area (Å²) in [7, 11) is 0. The van der Waals surface area contributed by atoms with Crippen LogP contribution in [-0.4, -0.2) is 28.0 Å². The maximum Gasteiger partial charge on any atom is 0.138 e. The lowest BCUT2D eigenvalue weighted by molar-refractivity contribution is 0.0769. The molecule has 1 aliphatic heterocycles. The fourth-order valence-corrected chi connectivity index (χ4v) is 2.12. The molecule has 1 unspecified atom stereocenters. The predicted molar refractivity (Wildman–Crippen MR) is 51.1 cm³/mol. The van der Waals surface area contributed by atoms with Crippen molar-refractivity contribution >= 4 is 0 Å². The Labute approximate surface area is 83.3 Å². The zero-order chi connectivity index (χ0) is 9.38. The van der Waals surface area contributed by atoms with Crippen molar-refractivity contribution < 1.29 is 4.74 Å². The lowest BCUT2D eigenvalue weighted by Gasteiger charge is -2.21. The second-order valence-corrected chi connectivity index (χ2v) is 4.24. The fraction of sp³-hybridized carbons (Fsp3) is 0.800. The van der Waals surface area contributed by atoms with E-state index in [4.69, 9.17) is 4.74 Å². The Bertz CT molecular complexity index is 313. The van der Waals surface area contributed by atoms with Crippen LogP contribution in [-0.2, 0) is 4.74 Å². The van der Waals surface area contributed by atoms with Gasteiger partial charge in [-0.25, -0.2) is 0 Å². The molecule has 0 spiro atoms. The van der Waals surface area contributed by atoms with Gasteiger partial charge in [-0.05, 0) is 25.7 Å². The van der Waals surface area contributed by atoms with Crippen molar-refractivity contribution in [1.29, 1.82) is 0 Å². The molecule has 1 saturated heterocycles. The Morgan fingerprint density at radius 2 is 2.29 bits per heavy atom. The van der Waals surface area contributed by atoms with E-state index < -0.39 is 0 Å². The molecule has 1 aromatic rings. The van der Waals surface area contributed by atoms with Crippen molar-refractivity contribution in [2.75, 3.05) is 13.2 Å². The number of aromatic nitrogens is 3. The van der Waals surface area contributed by atoms with Gasteiger partial charge in [0.25, 0.3) is 0 Å². The molecular formula is C10H15N3O. The number of hydrogen-bond donors (Lipinski definition) is 0. The Morgan fingerprint density at radius 1 is 1.36 bits per heavy atom. The minimum Gasteiger partial charge on any atom is -0.381 e. The van der Waals surface area contributed by atoms with E-state index >= 15 is 0 Å². The van der Waals surface area contributed by atoms with E-state index in [1.54, 1.807) is 0 Å². The first kappa shape index (κ1) is 8.41. The molecule has 76 valence electrons. The maximum absolute atomic E-state index is 5.48. The minimum absolute atomic E-state index is 0.479. The summed E-state index contributed by atoms with van der Waals surface area (Å²) in [6.07, 6.45) is 6.81. The molecular weight excluding hydrogens is 178 g/mol. The van der Waals surface area contributed by atoms with E-state index in [-0.39, 0.29) is 0 Å². The fourth-order valence-electron chi connectivity index (χ4n) is 2.12. The highest BCUT2D eigenvalue weighted by Crippen LogP contribution is 2.37. The summed E-state index contributed by atoms with van der Waals surface area (Å²) in [5.41, 5.74) is 0. The van der Waals surface area contributed by atoms with Crippen LogP contribution in [0.3, 0.4) is 0 Å². The molecule has 3 rings (SSSR count). The highest BCUT2D eigenvalue weighted by molar-refractivity contribution is 5.02. The van der Waals surface area contributed by atoms with Gasteiger partial charge >= 0.3 is 0 Å². The van der Waals surface area contributed by atoms with Gasteiger partial charge < -0.3 is 9.30 Å². The van der Waals surface area contributed by atoms with Crippen LogP contribution in [0.5, 0.6) is 0 Å². The van der Waals surface area contributed by atoms with Gasteiger partial charge in [-0.1, -0.05) is 0 Å². The van der Waals surface area contributed by atoms with Gasteiger partial charge in [-0.15, -0.1) is 10.2 Å². The van der Waals surface area contributed by atoms with Crippen molar-refractivity contribution in [2.24, 2.45) is 0 Å². The molecule has 0 aromatic carbocycles. The van der Waals surface area contributed by atoms with Crippen molar-refractivity contribution in [3.63, 3.8) is 0 Å². The Balaban J connectivity index is 1.82.